The molecule has 1 aromatic carbocycles. The van der Waals surface area contributed by atoms with E-state index in [4.69, 9.17) is 0 Å². The molecule has 0 bridgehead atoms. The fourth-order valence-electron chi connectivity index (χ4n) is 3.74. The molecule has 1 atom stereocenters. The molecule has 1 N–H and O–H groups in total. The predicted octanol–water partition coefficient (Wildman–Crippen LogP) is 3.43. The lowest BCUT2D eigenvalue weighted by Gasteiger charge is -2.24. The fourth-order valence-corrected chi connectivity index (χ4v) is 3.74. The minimum atomic E-state index is -0.312. The Morgan fingerprint density at radius 1 is 1.36 bits per heavy atom. The fraction of sp³-hybridized carbons (Fsp3) is 0.368. The number of aromatic amines is 1. The molecule has 0 unspecified atom stereocenters. The van der Waals surface area contributed by atoms with E-state index in [1.54, 1.807) is 18.2 Å². The van der Waals surface area contributed by atoms with E-state index >= 15 is 0 Å². The first-order valence-electron chi connectivity index (χ1n) is 8.62. The van der Waals surface area contributed by atoms with Gasteiger partial charge in [-0.3, -0.25) is 9.48 Å². The molecule has 3 aromatic rings. The number of aromatic nitrogens is 3. The number of halogens is 1. The number of nitrogens with one attached hydrogen (secondary N) is 1. The van der Waals surface area contributed by atoms with Crippen LogP contribution in [0, 0.1) is 19.7 Å². The van der Waals surface area contributed by atoms with Gasteiger partial charge in [0, 0.05) is 23.1 Å². The molecule has 0 radical (unpaired) electrons. The van der Waals surface area contributed by atoms with Gasteiger partial charge in [0.05, 0.1) is 18.3 Å². The SMILES string of the molecule is Cc1cc(C)n(C[C@H]2CCCN2C(=O)c2cc3c(F)cccc3[nH]2)n1. The van der Waals surface area contributed by atoms with Crippen molar-refractivity contribution < 1.29 is 9.18 Å². The highest BCUT2D eigenvalue weighted by atomic mass is 19.1. The predicted molar refractivity (Wildman–Crippen MR) is 94.0 cm³/mol. The summed E-state index contributed by atoms with van der Waals surface area (Å²) in [6.07, 6.45) is 1.93. The van der Waals surface area contributed by atoms with E-state index in [-0.39, 0.29) is 17.8 Å². The molecule has 1 aliphatic heterocycles. The maximum absolute atomic E-state index is 13.9. The van der Waals surface area contributed by atoms with E-state index in [1.807, 2.05) is 29.5 Å². The van der Waals surface area contributed by atoms with E-state index in [0.717, 1.165) is 30.8 Å². The third kappa shape index (κ3) is 2.81. The lowest BCUT2D eigenvalue weighted by molar-refractivity contribution is 0.0716. The number of benzene rings is 1. The van der Waals surface area contributed by atoms with Crippen molar-refractivity contribution in [2.24, 2.45) is 0 Å². The van der Waals surface area contributed by atoms with Gasteiger partial charge in [-0.1, -0.05) is 6.07 Å². The summed E-state index contributed by atoms with van der Waals surface area (Å²) in [4.78, 5) is 17.9. The van der Waals surface area contributed by atoms with Crippen LogP contribution in [0.5, 0.6) is 0 Å². The largest absolute Gasteiger partial charge is 0.350 e. The van der Waals surface area contributed by atoms with Crippen LogP contribution in [0.1, 0.15) is 34.7 Å². The lowest BCUT2D eigenvalue weighted by atomic mass is 10.2. The molecule has 4 rings (SSSR count). The number of carbonyl (C=O) groups excluding carboxylic acids is 1. The van der Waals surface area contributed by atoms with Gasteiger partial charge in [0.15, 0.2) is 0 Å². The van der Waals surface area contributed by atoms with Crippen LogP contribution in [-0.2, 0) is 6.54 Å². The summed E-state index contributed by atoms with van der Waals surface area (Å²) in [6.45, 7) is 5.42. The summed E-state index contributed by atoms with van der Waals surface area (Å²) < 4.78 is 15.9. The number of likely N-dealkylation sites (tertiary alicyclic amines) is 1. The van der Waals surface area contributed by atoms with Crippen LogP contribution < -0.4 is 0 Å². The molecule has 1 aliphatic rings. The zero-order valence-electron chi connectivity index (χ0n) is 14.4. The average Bonchev–Trinajstić information content (AvgIpc) is 3.27. The van der Waals surface area contributed by atoms with E-state index in [2.05, 4.69) is 10.1 Å². The quantitative estimate of drug-likeness (QED) is 0.794. The van der Waals surface area contributed by atoms with Crippen LogP contribution in [-0.4, -0.2) is 38.2 Å². The maximum Gasteiger partial charge on any atom is 0.270 e. The van der Waals surface area contributed by atoms with Crippen LogP contribution in [0.25, 0.3) is 10.9 Å². The minimum absolute atomic E-state index is 0.0698. The van der Waals surface area contributed by atoms with Gasteiger partial charge in [0.2, 0.25) is 0 Å². The Labute approximate surface area is 145 Å². The van der Waals surface area contributed by atoms with Crippen molar-refractivity contribution in [3.05, 3.63) is 53.2 Å². The molecular weight excluding hydrogens is 319 g/mol. The number of nitrogens with zero attached hydrogens (tertiary/aromatic N) is 3. The van der Waals surface area contributed by atoms with Gasteiger partial charge >= 0.3 is 0 Å². The maximum atomic E-state index is 13.9. The highest BCUT2D eigenvalue weighted by Gasteiger charge is 2.31. The Hall–Kier alpha value is -2.63. The van der Waals surface area contributed by atoms with Crippen molar-refractivity contribution in [2.45, 2.75) is 39.3 Å². The monoisotopic (exact) mass is 340 g/mol. The third-order valence-corrected chi connectivity index (χ3v) is 4.97. The summed E-state index contributed by atoms with van der Waals surface area (Å²) >= 11 is 0. The molecule has 1 saturated heterocycles. The van der Waals surface area contributed by atoms with Crippen LogP contribution in [0.2, 0.25) is 0 Å². The van der Waals surface area contributed by atoms with Crippen molar-refractivity contribution >= 4 is 16.8 Å². The number of H-pyrrole nitrogens is 1. The molecule has 5 nitrogen and oxygen atoms in total. The summed E-state index contributed by atoms with van der Waals surface area (Å²) in [7, 11) is 0. The molecule has 1 amide bonds. The van der Waals surface area contributed by atoms with Gasteiger partial charge in [-0.25, -0.2) is 4.39 Å². The molecule has 2 aromatic heterocycles. The highest BCUT2D eigenvalue weighted by molar-refractivity contribution is 5.98. The number of hydrogen-bond donors (Lipinski definition) is 1. The molecule has 0 aliphatic carbocycles. The molecule has 0 spiro atoms. The summed E-state index contributed by atoms with van der Waals surface area (Å²) in [6, 6.07) is 8.61. The van der Waals surface area contributed by atoms with Crippen LogP contribution >= 0.6 is 0 Å². The Kier molecular flexibility index (Phi) is 3.82. The van der Waals surface area contributed by atoms with E-state index < -0.39 is 0 Å². The van der Waals surface area contributed by atoms with Crippen molar-refractivity contribution in [3.8, 4) is 0 Å². The van der Waals surface area contributed by atoms with E-state index in [1.165, 1.54) is 6.07 Å². The molecular formula is C19H21FN4O. The summed E-state index contributed by atoms with van der Waals surface area (Å²) in [5, 5.41) is 4.97. The number of aryl methyl sites for hydroxylation is 2. The van der Waals surface area contributed by atoms with Crippen molar-refractivity contribution in [1.82, 2.24) is 19.7 Å². The van der Waals surface area contributed by atoms with Gasteiger partial charge in [-0.15, -0.1) is 0 Å². The molecule has 25 heavy (non-hydrogen) atoms. The van der Waals surface area contributed by atoms with Crippen molar-refractivity contribution in [1.29, 1.82) is 0 Å². The number of amides is 1. The first-order valence-corrected chi connectivity index (χ1v) is 8.62. The Morgan fingerprint density at radius 2 is 2.20 bits per heavy atom. The zero-order valence-corrected chi connectivity index (χ0v) is 14.4. The standard InChI is InChI=1S/C19H21FN4O/c1-12-9-13(2)24(22-12)11-14-5-4-8-23(14)19(25)18-10-15-16(20)6-3-7-17(15)21-18/h3,6-7,9-10,14,21H,4-5,8,11H2,1-2H3/t14-/m1/s1. The Balaban J connectivity index is 1.59. The topological polar surface area (TPSA) is 53.9 Å². The first kappa shape index (κ1) is 15.9. The normalized spacial score (nSPS) is 17.6. The molecule has 1 fully saturated rings. The van der Waals surface area contributed by atoms with Crippen LogP contribution in [0.15, 0.2) is 30.3 Å². The van der Waals surface area contributed by atoms with Gasteiger partial charge in [0.25, 0.3) is 5.91 Å². The average molecular weight is 340 g/mol. The number of hydrogen-bond acceptors (Lipinski definition) is 2. The lowest BCUT2D eigenvalue weighted by Crippen LogP contribution is -2.38. The van der Waals surface area contributed by atoms with Crippen molar-refractivity contribution in [2.75, 3.05) is 6.54 Å². The number of carbonyl (C=O) groups is 1. The minimum Gasteiger partial charge on any atom is -0.350 e. The highest BCUT2D eigenvalue weighted by Crippen LogP contribution is 2.24. The van der Waals surface area contributed by atoms with E-state index in [9.17, 15) is 9.18 Å². The molecule has 3 heterocycles. The zero-order chi connectivity index (χ0) is 17.6. The second kappa shape index (κ2) is 6.02. The summed E-state index contributed by atoms with van der Waals surface area (Å²) in [5.74, 6) is -0.381. The van der Waals surface area contributed by atoms with Crippen LogP contribution in [0.4, 0.5) is 4.39 Å². The Morgan fingerprint density at radius 3 is 2.92 bits per heavy atom. The first-order chi connectivity index (χ1) is 12.0. The second-order valence-electron chi connectivity index (χ2n) is 6.79. The van der Waals surface area contributed by atoms with Crippen molar-refractivity contribution in [3.63, 3.8) is 0 Å². The van der Waals surface area contributed by atoms with Crippen LogP contribution in [0.3, 0.4) is 0 Å². The third-order valence-electron chi connectivity index (χ3n) is 4.97. The van der Waals surface area contributed by atoms with Gasteiger partial charge in [-0.2, -0.15) is 5.10 Å². The number of rotatable bonds is 3. The molecule has 6 heteroatoms. The smallest absolute Gasteiger partial charge is 0.270 e. The van der Waals surface area contributed by atoms with Gasteiger partial charge in [-0.05, 0) is 51.0 Å². The van der Waals surface area contributed by atoms with Gasteiger partial charge in [0.1, 0.15) is 11.5 Å². The molecule has 0 saturated carbocycles. The van der Waals surface area contributed by atoms with Gasteiger partial charge < -0.3 is 9.88 Å². The summed E-state index contributed by atoms with van der Waals surface area (Å²) in [5.41, 5.74) is 3.18. The Bertz CT molecular complexity index is 942. The van der Waals surface area contributed by atoms with E-state index in [0.29, 0.717) is 23.1 Å². The molecule has 130 valence electrons. The number of fused-ring (bicyclic) bond motifs is 1. The second-order valence-corrected chi connectivity index (χ2v) is 6.79.